The molecule has 1 rings (SSSR count). The molecule has 14 heavy (non-hydrogen) atoms. The Balaban J connectivity index is 2.42. The van der Waals surface area contributed by atoms with Crippen LogP contribution in [0.25, 0.3) is 0 Å². The van der Waals surface area contributed by atoms with Gasteiger partial charge in [0.25, 0.3) is 0 Å². The van der Waals surface area contributed by atoms with E-state index in [1.807, 2.05) is 6.92 Å². The van der Waals surface area contributed by atoms with Crippen LogP contribution in [0.3, 0.4) is 0 Å². The first-order valence-corrected chi connectivity index (χ1v) is 5.38. The first-order chi connectivity index (χ1) is 6.70. The van der Waals surface area contributed by atoms with Crippen molar-refractivity contribution < 1.29 is 4.74 Å². The van der Waals surface area contributed by atoms with Gasteiger partial charge in [-0.05, 0) is 19.8 Å². The molecular formula is C11H20N2O. The summed E-state index contributed by atoms with van der Waals surface area (Å²) in [7, 11) is 1.64. The van der Waals surface area contributed by atoms with Crippen molar-refractivity contribution in [3.8, 4) is 6.07 Å². The fraction of sp³-hybridized carbons (Fsp3) is 0.909. The Morgan fingerprint density at radius 3 is 2.57 bits per heavy atom. The summed E-state index contributed by atoms with van der Waals surface area (Å²) in [6.45, 7) is 2.37. The Bertz CT molecular complexity index is 206. The molecule has 0 heterocycles. The molecule has 1 fully saturated rings. The number of rotatable bonds is 4. The third kappa shape index (κ3) is 3.28. The lowest BCUT2D eigenvalue weighted by molar-refractivity contribution is 0.133. The third-order valence-corrected chi connectivity index (χ3v) is 2.81. The first kappa shape index (κ1) is 11.5. The Labute approximate surface area is 86.4 Å². The molecule has 1 N–H and O–H groups in total. The molecule has 3 heteroatoms. The molecule has 0 aromatic rings. The monoisotopic (exact) mass is 196 g/mol. The van der Waals surface area contributed by atoms with Gasteiger partial charge in [0.15, 0.2) is 0 Å². The van der Waals surface area contributed by atoms with Crippen LogP contribution in [0.4, 0.5) is 0 Å². The lowest BCUT2D eigenvalue weighted by Crippen LogP contribution is -2.50. The highest BCUT2D eigenvalue weighted by Gasteiger charge is 2.27. The van der Waals surface area contributed by atoms with Crippen molar-refractivity contribution in [3.63, 3.8) is 0 Å². The third-order valence-electron chi connectivity index (χ3n) is 2.81. The number of nitrogens with zero attached hydrogens (tertiary/aromatic N) is 1. The van der Waals surface area contributed by atoms with Gasteiger partial charge in [0.05, 0.1) is 12.7 Å². The molecule has 0 aromatic heterocycles. The van der Waals surface area contributed by atoms with Gasteiger partial charge in [0, 0.05) is 13.2 Å². The number of hydrogen-bond acceptors (Lipinski definition) is 3. The predicted octanol–water partition coefficient (Wildman–Crippen LogP) is 1.84. The highest BCUT2D eigenvalue weighted by atomic mass is 16.5. The van der Waals surface area contributed by atoms with Gasteiger partial charge in [0.2, 0.25) is 0 Å². The van der Waals surface area contributed by atoms with E-state index in [9.17, 15) is 0 Å². The molecule has 0 aliphatic heterocycles. The summed E-state index contributed by atoms with van der Waals surface area (Å²) < 4.78 is 5.05. The number of ether oxygens (including phenoxy) is 1. The lowest BCUT2D eigenvalue weighted by atomic mass is 9.93. The van der Waals surface area contributed by atoms with E-state index in [1.54, 1.807) is 7.11 Å². The summed E-state index contributed by atoms with van der Waals surface area (Å²) in [5.41, 5.74) is -0.517. The summed E-state index contributed by atoms with van der Waals surface area (Å²) in [4.78, 5) is 0. The molecular weight excluding hydrogens is 176 g/mol. The second-order valence-corrected chi connectivity index (χ2v) is 4.36. The second-order valence-electron chi connectivity index (χ2n) is 4.36. The maximum absolute atomic E-state index is 9.05. The molecule has 1 aliphatic rings. The average molecular weight is 196 g/mol. The van der Waals surface area contributed by atoms with Gasteiger partial charge in [-0.2, -0.15) is 5.26 Å². The van der Waals surface area contributed by atoms with Crippen LogP contribution < -0.4 is 5.32 Å². The van der Waals surface area contributed by atoms with Gasteiger partial charge in [-0.1, -0.05) is 19.3 Å². The van der Waals surface area contributed by atoms with Crippen LogP contribution in [0.5, 0.6) is 0 Å². The normalized spacial score (nSPS) is 22.6. The van der Waals surface area contributed by atoms with Crippen molar-refractivity contribution in [2.24, 2.45) is 0 Å². The van der Waals surface area contributed by atoms with Gasteiger partial charge in [0.1, 0.15) is 5.54 Å². The van der Waals surface area contributed by atoms with Crippen molar-refractivity contribution >= 4 is 0 Å². The summed E-state index contributed by atoms with van der Waals surface area (Å²) in [6.07, 6.45) is 6.30. The fourth-order valence-corrected chi connectivity index (χ4v) is 2.09. The van der Waals surface area contributed by atoms with E-state index in [0.717, 1.165) is 0 Å². The minimum absolute atomic E-state index is 0.458. The number of nitriles is 1. The maximum Gasteiger partial charge on any atom is 0.127 e. The van der Waals surface area contributed by atoms with E-state index in [4.69, 9.17) is 10.00 Å². The molecule has 0 aromatic carbocycles. The second kappa shape index (κ2) is 5.33. The molecule has 0 saturated heterocycles. The molecule has 80 valence electrons. The smallest absolute Gasteiger partial charge is 0.127 e. The standard InChI is InChI=1S/C11H20N2O/c1-11(8-12,9-14-2)13-10-6-4-3-5-7-10/h10,13H,3-7,9H2,1-2H3. The van der Waals surface area contributed by atoms with Crippen molar-refractivity contribution in [2.45, 2.75) is 50.6 Å². The molecule has 1 unspecified atom stereocenters. The average Bonchev–Trinajstić information content (AvgIpc) is 2.20. The summed E-state index contributed by atoms with van der Waals surface area (Å²) in [5, 5.41) is 12.5. The topological polar surface area (TPSA) is 45.0 Å². The van der Waals surface area contributed by atoms with Gasteiger partial charge in [-0.3, -0.25) is 5.32 Å². The first-order valence-electron chi connectivity index (χ1n) is 5.38. The van der Waals surface area contributed by atoms with E-state index in [2.05, 4.69) is 11.4 Å². The van der Waals surface area contributed by atoms with E-state index >= 15 is 0 Å². The highest BCUT2D eigenvalue weighted by Crippen LogP contribution is 2.19. The molecule has 3 nitrogen and oxygen atoms in total. The predicted molar refractivity (Wildman–Crippen MR) is 55.9 cm³/mol. The van der Waals surface area contributed by atoms with Gasteiger partial charge < -0.3 is 4.74 Å². The number of methoxy groups -OCH3 is 1. The molecule has 0 bridgehead atoms. The van der Waals surface area contributed by atoms with Gasteiger partial charge in [-0.25, -0.2) is 0 Å². The highest BCUT2D eigenvalue weighted by molar-refractivity contribution is 5.05. The summed E-state index contributed by atoms with van der Waals surface area (Å²) in [5.74, 6) is 0. The Kier molecular flexibility index (Phi) is 4.37. The van der Waals surface area contributed by atoms with Crippen molar-refractivity contribution in [3.05, 3.63) is 0 Å². The number of nitrogens with one attached hydrogen (secondary N) is 1. The zero-order valence-corrected chi connectivity index (χ0v) is 9.18. The Morgan fingerprint density at radius 2 is 2.07 bits per heavy atom. The minimum atomic E-state index is -0.517. The van der Waals surface area contributed by atoms with Crippen LogP contribution in [-0.2, 0) is 4.74 Å². The van der Waals surface area contributed by atoms with Crippen molar-refractivity contribution in [1.29, 1.82) is 5.26 Å². The quantitative estimate of drug-likeness (QED) is 0.746. The molecule has 0 amide bonds. The van der Waals surface area contributed by atoms with Crippen LogP contribution in [0.1, 0.15) is 39.0 Å². The largest absolute Gasteiger partial charge is 0.382 e. The van der Waals surface area contributed by atoms with Crippen LogP contribution in [0.15, 0.2) is 0 Å². The molecule has 0 spiro atoms. The SMILES string of the molecule is COCC(C)(C#N)NC1CCCCC1. The summed E-state index contributed by atoms with van der Waals surface area (Å²) >= 11 is 0. The molecule has 1 atom stereocenters. The Morgan fingerprint density at radius 1 is 1.43 bits per heavy atom. The van der Waals surface area contributed by atoms with E-state index in [0.29, 0.717) is 12.6 Å². The lowest BCUT2D eigenvalue weighted by Gasteiger charge is -2.31. The molecule has 1 aliphatic carbocycles. The maximum atomic E-state index is 9.05. The minimum Gasteiger partial charge on any atom is -0.382 e. The van der Waals surface area contributed by atoms with Crippen molar-refractivity contribution in [1.82, 2.24) is 5.32 Å². The molecule has 0 radical (unpaired) electrons. The van der Waals surface area contributed by atoms with Gasteiger partial charge >= 0.3 is 0 Å². The van der Waals surface area contributed by atoms with Crippen molar-refractivity contribution in [2.75, 3.05) is 13.7 Å². The molecule has 1 saturated carbocycles. The zero-order valence-electron chi connectivity index (χ0n) is 9.18. The van der Waals surface area contributed by atoms with Crippen LogP contribution in [0, 0.1) is 11.3 Å². The van der Waals surface area contributed by atoms with Crippen LogP contribution in [-0.4, -0.2) is 25.3 Å². The summed E-state index contributed by atoms with van der Waals surface area (Å²) in [6, 6.07) is 2.79. The number of hydrogen-bond donors (Lipinski definition) is 1. The van der Waals surface area contributed by atoms with Crippen LogP contribution >= 0.6 is 0 Å². The van der Waals surface area contributed by atoms with Crippen LogP contribution in [0.2, 0.25) is 0 Å². The van der Waals surface area contributed by atoms with Gasteiger partial charge in [-0.15, -0.1) is 0 Å². The van der Waals surface area contributed by atoms with E-state index in [1.165, 1.54) is 32.1 Å². The Hall–Kier alpha value is -0.590. The van der Waals surface area contributed by atoms with E-state index < -0.39 is 5.54 Å². The zero-order chi connectivity index (χ0) is 10.4. The fourth-order valence-electron chi connectivity index (χ4n) is 2.09. The van der Waals surface area contributed by atoms with E-state index in [-0.39, 0.29) is 0 Å².